The molecule has 1 amide bonds. The normalized spacial score (nSPS) is 25.1. The minimum Gasteiger partial charge on any atom is -0.508 e. The molecule has 3 heterocycles. The standard InChI is InChI=1S/C24H24N4O2S/c1-31-17-10-8-16(9-11-17)23-20-21(18-6-2-3-7-19(18)29)26-27-22(20)24(30)28(23)14-15-5-4-12-25-13-15/h2-13,20-23,26-27,29H,14H2,1H3. The van der Waals surface area contributed by atoms with Crippen LogP contribution in [-0.2, 0) is 11.3 Å². The van der Waals surface area contributed by atoms with Gasteiger partial charge in [-0.1, -0.05) is 36.4 Å². The van der Waals surface area contributed by atoms with E-state index in [0.717, 1.165) is 16.7 Å². The van der Waals surface area contributed by atoms with Crippen LogP contribution in [0.3, 0.4) is 0 Å². The lowest BCUT2D eigenvalue weighted by Gasteiger charge is -2.31. The van der Waals surface area contributed by atoms with Gasteiger partial charge in [-0.2, -0.15) is 0 Å². The minimum absolute atomic E-state index is 0.0539. The number of rotatable bonds is 5. The van der Waals surface area contributed by atoms with Gasteiger partial charge in [0.05, 0.1) is 12.1 Å². The van der Waals surface area contributed by atoms with Gasteiger partial charge < -0.3 is 10.0 Å². The van der Waals surface area contributed by atoms with Crippen LogP contribution in [0.15, 0.2) is 78.0 Å². The number of fused-ring (bicyclic) bond motifs is 1. The summed E-state index contributed by atoms with van der Waals surface area (Å²) < 4.78 is 0. The number of hydrogen-bond acceptors (Lipinski definition) is 6. The van der Waals surface area contributed by atoms with E-state index in [1.54, 1.807) is 30.2 Å². The van der Waals surface area contributed by atoms with Crippen molar-refractivity contribution in [3.8, 4) is 5.75 Å². The summed E-state index contributed by atoms with van der Waals surface area (Å²) in [6, 6.07) is 18.9. The van der Waals surface area contributed by atoms with Gasteiger partial charge in [-0.3, -0.25) is 9.78 Å². The maximum Gasteiger partial charge on any atom is 0.242 e. The second-order valence-corrected chi connectivity index (χ2v) is 8.81. The van der Waals surface area contributed by atoms with E-state index >= 15 is 0 Å². The summed E-state index contributed by atoms with van der Waals surface area (Å²) in [6.45, 7) is 0.490. The summed E-state index contributed by atoms with van der Waals surface area (Å²) in [5.74, 6) is 0.216. The molecular formula is C24H24N4O2S. The highest BCUT2D eigenvalue weighted by Gasteiger charge is 2.55. The zero-order valence-electron chi connectivity index (χ0n) is 17.1. The van der Waals surface area contributed by atoms with Crippen molar-refractivity contribution in [2.45, 2.75) is 29.6 Å². The van der Waals surface area contributed by atoms with Crippen molar-refractivity contribution in [2.75, 3.05) is 6.26 Å². The molecule has 7 heteroatoms. The number of amides is 1. The van der Waals surface area contributed by atoms with Crippen LogP contribution in [-0.4, -0.2) is 33.2 Å². The van der Waals surface area contributed by atoms with Crippen molar-refractivity contribution in [3.05, 3.63) is 89.7 Å². The van der Waals surface area contributed by atoms with Gasteiger partial charge in [-0.15, -0.1) is 11.8 Å². The molecule has 2 aromatic carbocycles. The third-order valence-electron chi connectivity index (χ3n) is 6.22. The fourth-order valence-electron chi connectivity index (χ4n) is 4.78. The zero-order chi connectivity index (χ0) is 21.4. The van der Waals surface area contributed by atoms with Crippen molar-refractivity contribution in [1.82, 2.24) is 20.7 Å². The van der Waals surface area contributed by atoms with Gasteiger partial charge in [0.2, 0.25) is 5.91 Å². The molecule has 3 N–H and O–H groups in total. The van der Waals surface area contributed by atoms with Gasteiger partial charge in [0, 0.05) is 35.3 Å². The number of pyridine rings is 1. The highest BCUT2D eigenvalue weighted by atomic mass is 32.2. The summed E-state index contributed by atoms with van der Waals surface area (Å²) >= 11 is 1.70. The molecule has 4 atom stereocenters. The molecule has 2 aliphatic heterocycles. The van der Waals surface area contributed by atoms with Crippen LogP contribution >= 0.6 is 11.8 Å². The SMILES string of the molecule is CSc1ccc(C2C3C(NNC3c3ccccc3O)C(=O)N2Cc2cccnc2)cc1. The fraction of sp³-hybridized carbons (Fsp3) is 0.250. The number of hydrazine groups is 1. The van der Waals surface area contributed by atoms with E-state index in [0.29, 0.717) is 6.54 Å². The molecule has 6 nitrogen and oxygen atoms in total. The van der Waals surface area contributed by atoms with E-state index in [4.69, 9.17) is 0 Å². The number of nitrogens with one attached hydrogen (secondary N) is 2. The molecule has 4 unspecified atom stereocenters. The molecule has 158 valence electrons. The van der Waals surface area contributed by atoms with Crippen molar-refractivity contribution in [2.24, 2.45) is 5.92 Å². The van der Waals surface area contributed by atoms with Crippen LogP contribution in [0.1, 0.15) is 28.8 Å². The second kappa shape index (κ2) is 8.34. The molecule has 0 bridgehead atoms. The summed E-state index contributed by atoms with van der Waals surface area (Å²) in [5, 5.41) is 10.5. The van der Waals surface area contributed by atoms with E-state index in [1.807, 2.05) is 35.2 Å². The van der Waals surface area contributed by atoms with Crippen LogP contribution in [0.2, 0.25) is 0 Å². The van der Waals surface area contributed by atoms with Crippen LogP contribution in [0.4, 0.5) is 0 Å². The number of aromatic nitrogens is 1. The fourth-order valence-corrected chi connectivity index (χ4v) is 5.19. The number of nitrogens with zero attached hydrogens (tertiary/aromatic N) is 2. The Morgan fingerprint density at radius 1 is 1.03 bits per heavy atom. The number of phenols is 1. The number of thioether (sulfide) groups is 1. The van der Waals surface area contributed by atoms with Crippen LogP contribution in [0, 0.1) is 5.92 Å². The Labute approximate surface area is 185 Å². The quantitative estimate of drug-likeness (QED) is 0.537. The number of carbonyl (C=O) groups is 1. The monoisotopic (exact) mass is 432 g/mol. The van der Waals surface area contributed by atoms with E-state index in [1.165, 1.54) is 4.90 Å². The van der Waals surface area contributed by atoms with Gasteiger partial charge in [0.15, 0.2) is 0 Å². The van der Waals surface area contributed by atoms with E-state index in [9.17, 15) is 9.90 Å². The zero-order valence-corrected chi connectivity index (χ0v) is 17.9. The van der Waals surface area contributed by atoms with Crippen molar-refractivity contribution >= 4 is 17.7 Å². The van der Waals surface area contributed by atoms with Crippen LogP contribution in [0.25, 0.3) is 0 Å². The predicted molar refractivity (Wildman–Crippen MR) is 120 cm³/mol. The average Bonchev–Trinajstić information content (AvgIpc) is 3.34. The Morgan fingerprint density at radius 3 is 2.52 bits per heavy atom. The summed E-state index contributed by atoms with van der Waals surface area (Å²) in [5.41, 5.74) is 9.37. The topological polar surface area (TPSA) is 77.5 Å². The molecular weight excluding hydrogens is 408 g/mol. The lowest BCUT2D eigenvalue weighted by atomic mass is 9.83. The average molecular weight is 433 g/mol. The Balaban J connectivity index is 1.57. The first kappa shape index (κ1) is 20.1. The molecule has 0 radical (unpaired) electrons. The molecule has 3 aromatic rings. The number of likely N-dealkylation sites (tertiary alicyclic amines) is 1. The van der Waals surface area contributed by atoms with Gasteiger partial charge in [-0.25, -0.2) is 10.9 Å². The second-order valence-electron chi connectivity index (χ2n) is 7.93. The molecule has 0 aliphatic carbocycles. The maximum atomic E-state index is 13.5. The van der Waals surface area contributed by atoms with Gasteiger partial charge >= 0.3 is 0 Å². The predicted octanol–water partition coefficient (Wildman–Crippen LogP) is 3.43. The maximum absolute atomic E-state index is 13.5. The van der Waals surface area contributed by atoms with Crippen molar-refractivity contribution in [1.29, 1.82) is 0 Å². The molecule has 1 aromatic heterocycles. The lowest BCUT2D eigenvalue weighted by molar-refractivity contribution is -0.131. The molecule has 2 fully saturated rings. The van der Waals surface area contributed by atoms with Crippen molar-refractivity contribution in [3.63, 3.8) is 0 Å². The van der Waals surface area contributed by atoms with Crippen LogP contribution < -0.4 is 10.9 Å². The smallest absolute Gasteiger partial charge is 0.242 e. The summed E-state index contributed by atoms with van der Waals surface area (Å²) in [4.78, 5) is 20.8. The Kier molecular flexibility index (Phi) is 5.40. The van der Waals surface area contributed by atoms with Crippen molar-refractivity contribution < 1.29 is 9.90 Å². The van der Waals surface area contributed by atoms with E-state index in [2.05, 4.69) is 46.4 Å². The van der Waals surface area contributed by atoms with Gasteiger partial charge in [0.25, 0.3) is 0 Å². The number of hydrogen-bond donors (Lipinski definition) is 3. The summed E-state index contributed by atoms with van der Waals surface area (Å²) in [7, 11) is 0. The van der Waals surface area contributed by atoms with Gasteiger partial charge in [0.1, 0.15) is 11.8 Å². The van der Waals surface area contributed by atoms with E-state index < -0.39 is 0 Å². The van der Waals surface area contributed by atoms with Crippen LogP contribution in [0.5, 0.6) is 5.75 Å². The van der Waals surface area contributed by atoms with Gasteiger partial charge in [-0.05, 0) is 41.6 Å². The largest absolute Gasteiger partial charge is 0.508 e. The van der Waals surface area contributed by atoms with E-state index in [-0.39, 0.29) is 35.7 Å². The number of para-hydroxylation sites is 1. The molecule has 0 saturated carbocycles. The number of phenolic OH excluding ortho intramolecular Hbond substituents is 1. The highest BCUT2D eigenvalue weighted by molar-refractivity contribution is 7.98. The lowest BCUT2D eigenvalue weighted by Crippen LogP contribution is -2.41. The first-order valence-corrected chi connectivity index (χ1v) is 11.5. The third kappa shape index (κ3) is 3.59. The highest BCUT2D eigenvalue weighted by Crippen LogP contribution is 2.49. The number of aromatic hydroxyl groups is 1. The third-order valence-corrected chi connectivity index (χ3v) is 6.96. The molecule has 31 heavy (non-hydrogen) atoms. The number of benzene rings is 2. The minimum atomic E-state index is -0.369. The number of carbonyl (C=O) groups excluding carboxylic acids is 1. The Bertz CT molecular complexity index is 1080. The Morgan fingerprint density at radius 2 is 1.81 bits per heavy atom. The first-order valence-electron chi connectivity index (χ1n) is 10.3. The first-order chi connectivity index (χ1) is 15.2. The Hall–Kier alpha value is -2.87. The molecule has 2 aliphatic rings. The summed E-state index contributed by atoms with van der Waals surface area (Å²) in [6.07, 6.45) is 5.60. The molecule has 2 saturated heterocycles. The molecule has 0 spiro atoms. The molecule has 5 rings (SSSR count).